The highest BCUT2D eigenvalue weighted by atomic mass is 15.0. The molecule has 0 amide bonds. The lowest BCUT2D eigenvalue weighted by Gasteiger charge is -2.43. The highest BCUT2D eigenvalue weighted by Crippen LogP contribution is 2.37. The largest absolute Gasteiger partial charge is 0.314 e. The van der Waals surface area contributed by atoms with Gasteiger partial charge in [0.05, 0.1) is 0 Å². The van der Waals surface area contributed by atoms with Crippen molar-refractivity contribution in [2.75, 3.05) is 6.54 Å². The predicted octanol–water partition coefficient (Wildman–Crippen LogP) is 1.39. The molecule has 1 nitrogen and oxygen atoms in total. The number of hydrogen-bond acceptors (Lipinski definition) is 1. The molecular formula is C8H15N. The standard InChI is InChI=1S/C8H15N/c1-6-4-7(5-6)8-2-3-9-8/h6-9H,2-5H2,1H3. The number of rotatable bonds is 1. The van der Waals surface area contributed by atoms with Gasteiger partial charge in [-0.2, -0.15) is 0 Å². The number of nitrogens with one attached hydrogen (secondary N) is 1. The van der Waals surface area contributed by atoms with E-state index in [-0.39, 0.29) is 0 Å². The minimum atomic E-state index is 0.918. The predicted molar refractivity (Wildman–Crippen MR) is 38.3 cm³/mol. The molecule has 0 radical (unpaired) electrons. The molecule has 2 rings (SSSR count). The van der Waals surface area contributed by atoms with Gasteiger partial charge < -0.3 is 5.32 Å². The summed E-state index contributed by atoms with van der Waals surface area (Å²) >= 11 is 0. The zero-order valence-electron chi connectivity index (χ0n) is 6.06. The van der Waals surface area contributed by atoms with Crippen molar-refractivity contribution in [1.29, 1.82) is 0 Å². The van der Waals surface area contributed by atoms with Crippen molar-refractivity contribution in [2.24, 2.45) is 11.8 Å². The van der Waals surface area contributed by atoms with E-state index >= 15 is 0 Å². The Labute approximate surface area is 56.8 Å². The second kappa shape index (κ2) is 1.98. The molecule has 0 aromatic rings. The Morgan fingerprint density at radius 3 is 2.33 bits per heavy atom. The van der Waals surface area contributed by atoms with E-state index < -0.39 is 0 Å². The molecule has 2 aliphatic rings. The fraction of sp³-hybridized carbons (Fsp3) is 1.00. The lowest BCUT2D eigenvalue weighted by molar-refractivity contribution is 0.119. The van der Waals surface area contributed by atoms with Crippen molar-refractivity contribution in [3.8, 4) is 0 Å². The summed E-state index contributed by atoms with van der Waals surface area (Å²) in [4.78, 5) is 0. The molecule has 9 heavy (non-hydrogen) atoms. The van der Waals surface area contributed by atoms with Crippen LogP contribution in [0.15, 0.2) is 0 Å². The molecule has 1 saturated carbocycles. The quantitative estimate of drug-likeness (QED) is 0.558. The molecule has 1 unspecified atom stereocenters. The summed E-state index contributed by atoms with van der Waals surface area (Å²) in [6, 6.07) is 0.918. The van der Waals surface area contributed by atoms with Crippen LogP contribution in [0.1, 0.15) is 26.2 Å². The van der Waals surface area contributed by atoms with Gasteiger partial charge in [0.1, 0.15) is 0 Å². The van der Waals surface area contributed by atoms with Crippen molar-refractivity contribution >= 4 is 0 Å². The summed E-state index contributed by atoms with van der Waals surface area (Å²) in [5.74, 6) is 2.08. The van der Waals surface area contributed by atoms with Gasteiger partial charge in [-0.1, -0.05) is 6.92 Å². The van der Waals surface area contributed by atoms with Crippen molar-refractivity contribution in [1.82, 2.24) is 5.32 Å². The van der Waals surface area contributed by atoms with E-state index in [2.05, 4.69) is 12.2 Å². The van der Waals surface area contributed by atoms with Crippen molar-refractivity contribution in [3.05, 3.63) is 0 Å². The Kier molecular flexibility index (Phi) is 1.26. The van der Waals surface area contributed by atoms with Crippen LogP contribution in [0.4, 0.5) is 0 Å². The third kappa shape index (κ3) is 0.877. The van der Waals surface area contributed by atoms with Crippen LogP contribution in [0.25, 0.3) is 0 Å². The first-order chi connectivity index (χ1) is 4.36. The molecule has 52 valence electrons. The second-order valence-corrected chi connectivity index (χ2v) is 3.69. The SMILES string of the molecule is CC1CC(C2CCN2)C1. The highest BCUT2D eigenvalue weighted by molar-refractivity contribution is 4.91. The van der Waals surface area contributed by atoms with E-state index in [1.54, 1.807) is 0 Å². The molecule has 0 aromatic carbocycles. The van der Waals surface area contributed by atoms with Crippen molar-refractivity contribution < 1.29 is 0 Å². The van der Waals surface area contributed by atoms with Gasteiger partial charge in [0.15, 0.2) is 0 Å². The minimum Gasteiger partial charge on any atom is -0.314 e. The zero-order valence-corrected chi connectivity index (χ0v) is 6.06. The van der Waals surface area contributed by atoms with Crippen molar-refractivity contribution in [3.63, 3.8) is 0 Å². The van der Waals surface area contributed by atoms with Gasteiger partial charge in [-0.15, -0.1) is 0 Å². The first kappa shape index (κ1) is 5.72. The molecule has 1 aliphatic carbocycles. The summed E-state index contributed by atoms with van der Waals surface area (Å²) < 4.78 is 0. The maximum absolute atomic E-state index is 3.47. The monoisotopic (exact) mass is 125 g/mol. The Morgan fingerprint density at radius 1 is 1.33 bits per heavy atom. The molecular weight excluding hydrogens is 110 g/mol. The van der Waals surface area contributed by atoms with Crippen LogP contribution < -0.4 is 5.32 Å². The molecule has 1 saturated heterocycles. The second-order valence-electron chi connectivity index (χ2n) is 3.69. The summed E-state index contributed by atoms with van der Waals surface area (Å²) in [7, 11) is 0. The summed E-state index contributed by atoms with van der Waals surface area (Å²) in [6.07, 6.45) is 4.41. The van der Waals surface area contributed by atoms with Gasteiger partial charge in [0.2, 0.25) is 0 Å². The van der Waals surface area contributed by atoms with Crippen molar-refractivity contribution in [2.45, 2.75) is 32.2 Å². The maximum Gasteiger partial charge on any atom is 0.0108 e. The molecule has 0 spiro atoms. The van der Waals surface area contributed by atoms with Gasteiger partial charge in [0, 0.05) is 6.04 Å². The van der Waals surface area contributed by atoms with Gasteiger partial charge in [-0.25, -0.2) is 0 Å². The summed E-state index contributed by atoms with van der Waals surface area (Å²) in [5.41, 5.74) is 0. The average Bonchev–Trinajstić information content (AvgIpc) is 1.57. The normalized spacial score (nSPS) is 49.7. The lowest BCUT2D eigenvalue weighted by Crippen LogP contribution is -2.51. The molecule has 1 heteroatoms. The van der Waals surface area contributed by atoms with Gasteiger partial charge in [-0.05, 0) is 37.6 Å². The van der Waals surface area contributed by atoms with Crippen LogP contribution in [0.2, 0.25) is 0 Å². The highest BCUT2D eigenvalue weighted by Gasteiger charge is 2.34. The van der Waals surface area contributed by atoms with Crippen LogP contribution in [0, 0.1) is 11.8 Å². The maximum atomic E-state index is 3.47. The van der Waals surface area contributed by atoms with E-state index in [1.165, 1.54) is 25.8 Å². The molecule has 1 N–H and O–H groups in total. The van der Waals surface area contributed by atoms with E-state index in [9.17, 15) is 0 Å². The summed E-state index contributed by atoms with van der Waals surface area (Å²) in [6.45, 7) is 3.63. The fourth-order valence-corrected chi connectivity index (χ4v) is 2.01. The molecule has 2 fully saturated rings. The Morgan fingerprint density at radius 2 is 2.00 bits per heavy atom. The molecule has 0 aromatic heterocycles. The van der Waals surface area contributed by atoms with E-state index in [0.717, 1.165) is 17.9 Å². The van der Waals surface area contributed by atoms with Crippen LogP contribution in [0.5, 0.6) is 0 Å². The van der Waals surface area contributed by atoms with Crippen LogP contribution in [0.3, 0.4) is 0 Å². The van der Waals surface area contributed by atoms with Gasteiger partial charge in [0.25, 0.3) is 0 Å². The topological polar surface area (TPSA) is 12.0 Å². The third-order valence-corrected chi connectivity index (χ3v) is 2.84. The first-order valence-corrected chi connectivity index (χ1v) is 4.09. The van der Waals surface area contributed by atoms with E-state index in [1.807, 2.05) is 0 Å². The fourth-order valence-electron chi connectivity index (χ4n) is 2.01. The van der Waals surface area contributed by atoms with Crippen LogP contribution in [-0.2, 0) is 0 Å². The van der Waals surface area contributed by atoms with Crippen LogP contribution in [-0.4, -0.2) is 12.6 Å². The molecule has 0 bridgehead atoms. The Bertz CT molecular complexity index is 101. The molecule has 1 heterocycles. The first-order valence-electron chi connectivity index (χ1n) is 4.09. The molecule has 1 atom stereocenters. The number of hydrogen-bond donors (Lipinski definition) is 1. The Hall–Kier alpha value is -0.0400. The Balaban J connectivity index is 1.75. The van der Waals surface area contributed by atoms with Crippen LogP contribution >= 0.6 is 0 Å². The minimum absolute atomic E-state index is 0.918. The van der Waals surface area contributed by atoms with Gasteiger partial charge >= 0.3 is 0 Å². The zero-order chi connectivity index (χ0) is 6.27. The lowest BCUT2D eigenvalue weighted by atomic mass is 9.70. The average molecular weight is 125 g/mol. The summed E-state index contributed by atoms with van der Waals surface area (Å²) in [5, 5.41) is 3.47. The van der Waals surface area contributed by atoms with Gasteiger partial charge in [-0.3, -0.25) is 0 Å². The van der Waals surface area contributed by atoms with E-state index in [0.29, 0.717) is 0 Å². The molecule has 1 aliphatic heterocycles. The third-order valence-electron chi connectivity index (χ3n) is 2.84. The smallest absolute Gasteiger partial charge is 0.0108 e. The van der Waals surface area contributed by atoms with E-state index in [4.69, 9.17) is 0 Å².